The van der Waals surface area contributed by atoms with Gasteiger partial charge >= 0.3 is 0 Å². The predicted molar refractivity (Wildman–Crippen MR) is 94.9 cm³/mol. The van der Waals surface area contributed by atoms with Crippen LogP contribution in [0, 0.1) is 11.3 Å². The van der Waals surface area contributed by atoms with Crippen LogP contribution in [0.25, 0.3) is 0 Å². The van der Waals surface area contributed by atoms with Gasteiger partial charge < -0.3 is 20.4 Å². The van der Waals surface area contributed by atoms with Crippen LogP contribution in [0.1, 0.15) is 33.1 Å². The number of unbranched alkanes of at least 4 members (excludes halogenated alkanes) is 1. The van der Waals surface area contributed by atoms with Gasteiger partial charge in [-0.05, 0) is 31.1 Å². The van der Waals surface area contributed by atoms with Gasteiger partial charge in [-0.15, -0.1) is 6.58 Å². The van der Waals surface area contributed by atoms with E-state index in [1.54, 1.807) is 6.08 Å². The lowest BCUT2D eigenvalue weighted by Gasteiger charge is -2.43. The molecular formula is C18H31O4P. The summed E-state index contributed by atoms with van der Waals surface area (Å²) < 4.78 is 0. The third kappa shape index (κ3) is 3.57. The molecule has 0 saturated carbocycles. The summed E-state index contributed by atoms with van der Waals surface area (Å²) in [5, 5.41) is 42.1. The number of aliphatic hydroxyl groups is 4. The van der Waals surface area contributed by atoms with Crippen molar-refractivity contribution in [1.29, 1.82) is 0 Å². The molecule has 2 aliphatic rings. The molecule has 1 heterocycles. The molecule has 23 heavy (non-hydrogen) atoms. The monoisotopic (exact) mass is 342 g/mol. The third-order valence-corrected chi connectivity index (χ3v) is 8.67. The minimum Gasteiger partial charge on any atom is -0.390 e. The maximum Gasteiger partial charge on any atom is 0.0931 e. The van der Waals surface area contributed by atoms with Gasteiger partial charge in [-0.2, -0.15) is 0 Å². The van der Waals surface area contributed by atoms with Crippen LogP contribution in [-0.2, 0) is 0 Å². The van der Waals surface area contributed by atoms with Crippen LogP contribution in [0.5, 0.6) is 0 Å². The van der Waals surface area contributed by atoms with E-state index in [0.29, 0.717) is 12.6 Å². The SMILES string of the molecule is C=C[C@@]1(C2[C@@H](O)[C@H](O)CP2CCCC)C=C[C@@H](C)C[C@@H](O)[C@@H]1O. The molecule has 4 nitrogen and oxygen atoms in total. The van der Waals surface area contributed by atoms with Crippen LogP contribution in [0.4, 0.5) is 0 Å². The third-order valence-electron chi connectivity index (χ3n) is 5.40. The maximum absolute atomic E-state index is 10.8. The highest BCUT2D eigenvalue weighted by Gasteiger charge is 2.55. The minimum atomic E-state index is -1.00. The highest BCUT2D eigenvalue weighted by Crippen LogP contribution is 2.60. The Morgan fingerprint density at radius 2 is 1.96 bits per heavy atom. The van der Waals surface area contributed by atoms with Gasteiger partial charge in [-0.25, -0.2) is 0 Å². The lowest BCUT2D eigenvalue weighted by molar-refractivity contribution is -0.0529. The smallest absolute Gasteiger partial charge is 0.0931 e. The van der Waals surface area contributed by atoms with Crippen LogP contribution in [0.3, 0.4) is 0 Å². The molecule has 0 bridgehead atoms. The molecule has 0 aromatic rings. The lowest BCUT2D eigenvalue weighted by atomic mass is 9.74. The van der Waals surface area contributed by atoms with Crippen LogP contribution < -0.4 is 0 Å². The van der Waals surface area contributed by atoms with Crippen molar-refractivity contribution in [1.82, 2.24) is 0 Å². The summed E-state index contributed by atoms with van der Waals surface area (Å²) in [6, 6.07) is 0. The van der Waals surface area contributed by atoms with Crippen molar-refractivity contribution in [3.8, 4) is 0 Å². The molecule has 2 unspecified atom stereocenters. The van der Waals surface area contributed by atoms with Gasteiger partial charge in [0.15, 0.2) is 0 Å². The lowest BCUT2D eigenvalue weighted by Crippen LogP contribution is -2.51. The Hall–Kier alpha value is -0.250. The molecular weight excluding hydrogens is 311 g/mol. The molecule has 0 amide bonds. The van der Waals surface area contributed by atoms with Crippen molar-refractivity contribution in [3.63, 3.8) is 0 Å². The highest BCUT2D eigenvalue weighted by atomic mass is 31.1. The van der Waals surface area contributed by atoms with E-state index in [1.165, 1.54) is 0 Å². The predicted octanol–water partition coefficient (Wildman–Crippen LogP) is 1.86. The van der Waals surface area contributed by atoms with E-state index in [4.69, 9.17) is 0 Å². The second kappa shape index (κ2) is 7.76. The first kappa shape index (κ1) is 19.1. The van der Waals surface area contributed by atoms with Crippen molar-refractivity contribution in [2.45, 2.75) is 63.2 Å². The molecule has 2 rings (SSSR count). The Morgan fingerprint density at radius 1 is 1.26 bits per heavy atom. The molecule has 132 valence electrons. The second-order valence-electron chi connectivity index (χ2n) is 7.14. The summed E-state index contributed by atoms with van der Waals surface area (Å²) in [6.45, 7) is 8.05. The van der Waals surface area contributed by atoms with Crippen LogP contribution in [0.15, 0.2) is 24.8 Å². The van der Waals surface area contributed by atoms with Gasteiger partial charge in [0.2, 0.25) is 0 Å². The van der Waals surface area contributed by atoms with Gasteiger partial charge in [0.05, 0.1) is 24.4 Å². The van der Waals surface area contributed by atoms with Gasteiger partial charge in [0.1, 0.15) is 0 Å². The van der Waals surface area contributed by atoms with E-state index in [1.807, 2.05) is 19.1 Å². The van der Waals surface area contributed by atoms with Gasteiger partial charge in [-0.1, -0.05) is 46.4 Å². The Kier molecular flexibility index (Phi) is 6.43. The zero-order valence-corrected chi connectivity index (χ0v) is 15.1. The summed E-state index contributed by atoms with van der Waals surface area (Å²) in [5.74, 6) is 0.159. The van der Waals surface area contributed by atoms with Gasteiger partial charge in [0.25, 0.3) is 0 Å². The van der Waals surface area contributed by atoms with Crippen molar-refractivity contribution >= 4 is 7.92 Å². The van der Waals surface area contributed by atoms with Crippen molar-refractivity contribution < 1.29 is 20.4 Å². The van der Waals surface area contributed by atoms with Gasteiger partial charge in [0, 0.05) is 11.1 Å². The number of allylic oxidation sites excluding steroid dienone is 1. The number of hydrogen-bond acceptors (Lipinski definition) is 4. The van der Waals surface area contributed by atoms with Crippen molar-refractivity contribution in [2.24, 2.45) is 11.3 Å². The first-order valence-corrected chi connectivity index (χ1v) is 10.4. The molecule has 0 radical (unpaired) electrons. The van der Waals surface area contributed by atoms with E-state index >= 15 is 0 Å². The number of rotatable bonds is 5. The number of hydrogen-bond donors (Lipinski definition) is 4. The Balaban J connectivity index is 2.42. The summed E-state index contributed by atoms with van der Waals surface area (Å²) >= 11 is 0. The fraction of sp³-hybridized carbons (Fsp3) is 0.778. The normalized spacial score (nSPS) is 47.5. The fourth-order valence-corrected chi connectivity index (χ4v) is 7.74. The second-order valence-corrected chi connectivity index (χ2v) is 9.69. The van der Waals surface area contributed by atoms with E-state index in [2.05, 4.69) is 13.5 Å². The summed E-state index contributed by atoms with van der Waals surface area (Å²) in [7, 11) is -0.636. The standard InChI is InChI=1S/C18H31O4P/c1-4-6-9-23-11-14(20)15(21)17(23)18(5-2)8-7-12(3)10-13(19)16(18)22/h5,7-8,12-17,19-22H,2,4,6,9-11H2,1,3H3/t12-,13-,14-,15+,16+,17?,18-,23?/m1/s1. The summed E-state index contributed by atoms with van der Waals surface area (Å²) in [4.78, 5) is 0. The topological polar surface area (TPSA) is 80.9 Å². The minimum absolute atomic E-state index is 0.159. The molecule has 4 N–H and O–H groups in total. The Morgan fingerprint density at radius 3 is 2.57 bits per heavy atom. The van der Waals surface area contributed by atoms with Crippen LogP contribution in [-0.4, -0.2) is 62.8 Å². The molecule has 1 saturated heterocycles. The first-order chi connectivity index (χ1) is 10.9. The quantitative estimate of drug-likeness (QED) is 0.454. The van der Waals surface area contributed by atoms with E-state index in [-0.39, 0.29) is 11.6 Å². The molecule has 1 aliphatic heterocycles. The van der Waals surface area contributed by atoms with Crippen LogP contribution >= 0.6 is 7.92 Å². The summed E-state index contributed by atoms with van der Waals surface area (Å²) in [6.07, 6.45) is 6.30. The van der Waals surface area contributed by atoms with Crippen molar-refractivity contribution in [3.05, 3.63) is 24.8 Å². The molecule has 1 aliphatic carbocycles. The highest BCUT2D eigenvalue weighted by molar-refractivity contribution is 7.59. The van der Waals surface area contributed by atoms with E-state index in [9.17, 15) is 20.4 Å². The average Bonchev–Trinajstić information content (AvgIpc) is 2.75. The first-order valence-electron chi connectivity index (χ1n) is 8.66. The Bertz CT molecular complexity index is 441. The largest absolute Gasteiger partial charge is 0.390 e. The average molecular weight is 342 g/mol. The van der Waals surface area contributed by atoms with Gasteiger partial charge in [-0.3, -0.25) is 0 Å². The zero-order chi connectivity index (χ0) is 17.2. The zero-order valence-electron chi connectivity index (χ0n) is 14.2. The molecule has 5 heteroatoms. The number of aliphatic hydroxyl groups excluding tert-OH is 4. The van der Waals surface area contributed by atoms with Crippen molar-refractivity contribution in [2.75, 3.05) is 12.3 Å². The molecule has 0 aromatic heterocycles. The van der Waals surface area contributed by atoms with Crippen LogP contribution in [0.2, 0.25) is 0 Å². The van der Waals surface area contributed by atoms with E-state index < -0.39 is 37.8 Å². The summed E-state index contributed by atoms with van der Waals surface area (Å²) in [5.41, 5.74) is -1.14. The Labute approximate surface area is 140 Å². The molecule has 0 spiro atoms. The molecule has 1 fully saturated rings. The molecule has 0 aromatic carbocycles. The molecule has 8 atom stereocenters. The van der Waals surface area contributed by atoms with E-state index in [0.717, 1.165) is 19.0 Å². The maximum atomic E-state index is 10.8. The fourth-order valence-electron chi connectivity index (χ4n) is 4.03.